The number of carbonyl (C=O) groups excluding carboxylic acids is 3. The van der Waals surface area contributed by atoms with Crippen molar-refractivity contribution in [1.82, 2.24) is 4.90 Å². The van der Waals surface area contributed by atoms with E-state index in [-0.39, 0.29) is 30.7 Å². The minimum absolute atomic E-state index is 0.140. The molecule has 0 unspecified atom stereocenters. The van der Waals surface area contributed by atoms with E-state index < -0.39 is 11.4 Å². The van der Waals surface area contributed by atoms with Crippen LogP contribution in [0.25, 0.3) is 0 Å². The molecular formula is C34H45NO8. The van der Waals surface area contributed by atoms with Gasteiger partial charge in [0.05, 0.1) is 25.7 Å². The summed E-state index contributed by atoms with van der Waals surface area (Å²) in [6.45, 7) is 8.29. The number of allylic oxidation sites excluding steroid dienone is 2. The van der Waals surface area contributed by atoms with Crippen LogP contribution in [0.15, 0.2) is 11.6 Å². The lowest BCUT2D eigenvalue weighted by molar-refractivity contribution is -0.161. The van der Waals surface area contributed by atoms with Crippen molar-refractivity contribution in [2.75, 3.05) is 46.6 Å². The van der Waals surface area contributed by atoms with E-state index >= 15 is 0 Å². The molecule has 0 radical (unpaired) electrons. The van der Waals surface area contributed by atoms with E-state index in [0.29, 0.717) is 60.6 Å². The monoisotopic (exact) mass is 595 g/mol. The van der Waals surface area contributed by atoms with Gasteiger partial charge in [-0.2, -0.15) is 0 Å². The van der Waals surface area contributed by atoms with Crippen molar-refractivity contribution in [1.29, 1.82) is 0 Å². The molecule has 2 aliphatic heterocycles. The van der Waals surface area contributed by atoms with Gasteiger partial charge in [0.25, 0.3) is 0 Å². The number of hydrogen-bond acceptors (Lipinski definition) is 9. The molecule has 4 saturated carbocycles. The number of esters is 3. The molecule has 1 aromatic carbocycles. The summed E-state index contributed by atoms with van der Waals surface area (Å²) < 4.78 is 28.4. The van der Waals surface area contributed by atoms with Gasteiger partial charge >= 0.3 is 17.9 Å². The van der Waals surface area contributed by atoms with Crippen LogP contribution in [0.5, 0.6) is 11.5 Å². The second kappa shape index (κ2) is 12.6. The van der Waals surface area contributed by atoms with Gasteiger partial charge in [0.1, 0.15) is 24.5 Å². The van der Waals surface area contributed by atoms with Gasteiger partial charge in [0, 0.05) is 37.2 Å². The summed E-state index contributed by atoms with van der Waals surface area (Å²) in [6, 6.07) is 0. The quantitative estimate of drug-likeness (QED) is 0.200. The molecule has 0 N–H and O–H groups in total. The number of rotatable bonds is 11. The largest absolute Gasteiger partial charge is 0.496 e. The number of benzene rings is 1. The molecular weight excluding hydrogens is 550 g/mol. The Kier molecular flexibility index (Phi) is 8.83. The van der Waals surface area contributed by atoms with Gasteiger partial charge < -0.3 is 23.7 Å². The van der Waals surface area contributed by atoms with E-state index in [2.05, 4.69) is 4.90 Å². The lowest BCUT2D eigenvalue weighted by atomic mass is 9.49. The third kappa shape index (κ3) is 6.21. The molecule has 9 nitrogen and oxygen atoms in total. The van der Waals surface area contributed by atoms with E-state index in [1.165, 1.54) is 19.3 Å². The Labute approximate surface area is 254 Å². The first kappa shape index (κ1) is 30.1. The van der Waals surface area contributed by atoms with Gasteiger partial charge in [-0.15, -0.1) is 0 Å². The van der Waals surface area contributed by atoms with Crippen molar-refractivity contribution in [3.05, 3.63) is 33.9 Å². The zero-order valence-corrected chi connectivity index (χ0v) is 25.8. The minimum Gasteiger partial charge on any atom is -0.496 e. The molecule has 1 aromatic rings. The van der Waals surface area contributed by atoms with Crippen molar-refractivity contribution < 1.29 is 38.1 Å². The van der Waals surface area contributed by atoms with Crippen LogP contribution in [0.2, 0.25) is 0 Å². The lowest BCUT2D eigenvalue weighted by Gasteiger charge is -2.55. The second-order valence-electron chi connectivity index (χ2n) is 13.4. The fourth-order valence-electron chi connectivity index (χ4n) is 8.55. The molecule has 7 rings (SSSR count). The van der Waals surface area contributed by atoms with E-state index in [9.17, 15) is 14.4 Å². The number of cyclic esters (lactones) is 1. The number of morpholine rings is 1. The summed E-state index contributed by atoms with van der Waals surface area (Å²) >= 11 is 0. The zero-order valence-electron chi connectivity index (χ0n) is 25.8. The van der Waals surface area contributed by atoms with Crippen LogP contribution in [0.1, 0.15) is 85.3 Å². The number of ether oxygens (including phenoxy) is 5. The van der Waals surface area contributed by atoms with Gasteiger partial charge in [-0.05, 0) is 88.5 Å². The lowest BCUT2D eigenvalue weighted by Crippen LogP contribution is -2.51. The summed E-state index contributed by atoms with van der Waals surface area (Å²) in [5.41, 5.74) is 3.10. The van der Waals surface area contributed by atoms with Crippen LogP contribution in [0.4, 0.5) is 0 Å². The number of methoxy groups -OCH3 is 1. The second-order valence-corrected chi connectivity index (χ2v) is 13.4. The number of hydrogen-bond donors (Lipinski definition) is 0. The minimum atomic E-state index is -0.465. The van der Waals surface area contributed by atoms with E-state index in [0.717, 1.165) is 62.3 Å². The smallest absolute Gasteiger partial charge is 0.342 e. The Bertz CT molecular complexity index is 1260. The van der Waals surface area contributed by atoms with Crippen molar-refractivity contribution >= 4 is 17.9 Å². The average molecular weight is 596 g/mol. The number of carbonyl (C=O) groups is 3. The summed E-state index contributed by atoms with van der Waals surface area (Å²) in [4.78, 5) is 41.6. The van der Waals surface area contributed by atoms with Gasteiger partial charge in [0.15, 0.2) is 5.75 Å². The molecule has 5 fully saturated rings. The maximum absolute atomic E-state index is 14.0. The van der Waals surface area contributed by atoms with Crippen molar-refractivity contribution in [2.45, 2.75) is 78.2 Å². The Morgan fingerprint density at radius 3 is 2.35 bits per heavy atom. The Morgan fingerprint density at radius 2 is 1.70 bits per heavy atom. The van der Waals surface area contributed by atoms with Crippen molar-refractivity contribution in [3.63, 3.8) is 0 Å². The first-order valence-electron chi connectivity index (χ1n) is 16.0. The van der Waals surface area contributed by atoms with E-state index in [1.807, 2.05) is 19.9 Å². The molecule has 9 heteroatoms. The van der Waals surface area contributed by atoms with Crippen molar-refractivity contribution in [2.24, 2.45) is 23.2 Å². The maximum Gasteiger partial charge on any atom is 0.342 e. The van der Waals surface area contributed by atoms with Crippen LogP contribution in [-0.4, -0.2) is 69.4 Å². The Morgan fingerprint density at radius 1 is 1.02 bits per heavy atom. The molecule has 234 valence electrons. The van der Waals surface area contributed by atoms with Gasteiger partial charge in [-0.3, -0.25) is 14.5 Å². The Balaban J connectivity index is 1.16. The molecule has 4 aliphatic carbocycles. The molecule has 1 saturated heterocycles. The van der Waals surface area contributed by atoms with E-state index in [1.54, 1.807) is 7.11 Å². The average Bonchev–Trinajstić information content (AvgIpc) is 3.38. The first-order chi connectivity index (χ1) is 20.8. The predicted octanol–water partition coefficient (Wildman–Crippen LogP) is 4.94. The summed E-state index contributed by atoms with van der Waals surface area (Å²) in [5, 5.41) is 0. The first-order valence-corrected chi connectivity index (χ1v) is 16.0. The fraction of sp³-hybridized carbons (Fsp3) is 0.676. The molecule has 0 atom stereocenters. The molecule has 2 heterocycles. The highest BCUT2D eigenvalue weighted by molar-refractivity contribution is 5.99. The Hall–Kier alpha value is -2.91. The molecule has 0 spiro atoms. The van der Waals surface area contributed by atoms with Gasteiger partial charge in [0.2, 0.25) is 0 Å². The number of nitrogens with zero attached hydrogens (tertiary/aromatic N) is 1. The SMILES string of the molecule is COc1c(C)c2c(c(OC(=O)C34CC5CC(CC(C5)C3)C4)c1C/C=C(\C)CCC(=O)OCCN1CCOCC1)C(=O)OC2. The molecule has 4 bridgehead atoms. The topological polar surface area (TPSA) is 101 Å². The fourth-order valence-corrected chi connectivity index (χ4v) is 8.55. The number of fused-ring (bicyclic) bond motifs is 1. The zero-order chi connectivity index (χ0) is 30.1. The highest BCUT2D eigenvalue weighted by Crippen LogP contribution is 2.60. The van der Waals surface area contributed by atoms with Gasteiger partial charge in [-0.25, -0.2) is 4.79 Å². The summed E-state index contributed by atoms with van der Waals surface area (Å²) in [7, 11) is 1.60. The highest BCUT2D eigenvalue weighted by atomic mass is 16.6. The van der Waals surface area contributed by atoms with Crippen LogP contribution in [0.3, 0.4) is 0 Å². The van der Waals surface area contributed by atoms with Gasteiger partial charge in [-0.1, -0.05) is 11.6 Å². The molecule has 43 heavy (non-hydrogen) atoms. The summed E-state index contributed by atoms with van der Waals surface area (Å²) in [6.07, 6.45) is 9.56. The van der Waals surface area contributed by atoms with Crippen LogP contribution < -0.4 is 9.47 Å². The predicted molar refractivity (Wildman–Crippen MR) is 158 cm³/mol. The standard InChI is InChI=1S/C34H45NO8/c1-21(5-7-28(36)41-13-10-35-8-11-40-12-9-35)4-6-26-30(39-3)22(2)27-20-42-32(37)29(27)31(26)43-33(38)34-17-23-14-24(18-34)16-25(15-23)19-34/h4,23-25H,5-20H2,1-3H3/b21-4+. The normalized spacial score (nSPS) is 28.0. The summed E-state index contributed by atoms with van der Waals surface area (Å²) in [5.74, 6) is 1.79. The molecule has 0 aromatic heterocycles. The molecule has 6 aliphatic rings. The third-order valence-electron chi connectivity index (χ3n) is 10.4. The van der Waals surface area contributed by atoms with Crippen LogP contribution >= 0.6 is 0 Å². The molecule has 0 amide bonds. The van der Waals surface area contributed by atoms with Crippen LogP contribution in [-0.2, 0) is 36.8 Å². The van der Waals surface area contributed by atoms with Crippen molar-refractivity contribution in [3.8, 4) is 11.5 Å². The third-order valence-corrected chi connectivity index (χ3v) is 10.4. The maximum atomic E-state index is 14.0. The van der Waals surface area contributed by atoms with Crippen LogP contribution in [0, 0.1) is 30.1 Å². The highest BCUT2D eigenvalue weighted by Gasteiger charge is 2.56. The van der Waals surface area contributed by atoms with E-state index in [4.69, 9.17) is 23.7 Å².